The third kappa shape index (κ3) is 3.79. The number of benzene rings is 2. The number of para-hydroxylation sites is 1. The number of aromatic amines is 1. The summed E-state index contributed by atoms with van der Waals surface area (Å²) < 4.78 is 19.9. The molecule has 0 aliphatic rings. The zero-order valence-electron chi connectivity index (χ0n) is 14.4. The molecule has 0 saturated heterocycles. The van der Waals surface area contributed by atoms with E-state index in [1.165, 1.54) is 30.3 Å². The molecule has 7 nitrogen and oxygen atoms in total. The van der Waals surface area contributed by atoms with Crippen molar-refractivity contribution in [2.45, 2.75) is 6.92 Å². The van der Waals surface area contributed by atoms with Crippen molar-refractivity contribution < 1.29 is 13.9 Å². The van der Waals surface area contributed by atoms with Gasteiger partial charge < -0.3 is 15.0 Å². The number of H-pyrrole nitrogens is 1. The molecule has 1 amide bonds. The second-order valence-corrected chi connectivity index (χ2v) is 5.51. The van der Waals surface area contributed by atoms with Gasteiger partial charge in [0, 0.05) is 6.20 Å². The van der Waals surface area contributed by atoms with E-state index in [-0.39, 0.29) is 16.9 Å². The number of hydrogen-bond donors (Lipinski definition) is 2. The van der Waals surface area contributed by atoms with Crippen LogP contribution in [-0.2, 0) is 0 Å². The largest absolute Gasteiger partial charge is 0.494 e. The molecule has 1 aromatic heterocycles. The minimum atomic E-state index is -0.832. The van der Waals surface area contributed by atoms with Crippen LogP contribution in [0.1, 0.15) is 17.3 Å². The van der Waals surface area contributed by atoms with Crippen LogP contribution in [0.15, 0.2) is 64.3 Å². The molecular formula is C19H16FN3O4. The van der Waals surface area contributed by atoms with Gasteiger partial charge in [0.1, 0.15) is 17.1 Å². The summed E-state index contributed by atoms with van der Waals surface area (Å²) in [6, 6.07) is 11.8. The van der Waals surface area contributed by atoms with Gasteiger partial charge in [-0.1, -0.05) is 12.1 Å². The number of nitrogens with one attached hydrogen (secondary N) is 2. The highest BCUT2D eigenvalue weighted by Crippen LogP contribution is 2.14. The van der Waals surface area contributed by atoms with E-state index in [9.17, 15) is 18.8 Å². The maximum atomic E-state index is 13.7. The zero-order chi connectivity index (χ0) is 19.4. The molecule has 138 valence electrons. The first-order valence-corrected chi connectivity index (χ1v) is 8.15. The van der Waals surface area contributed by atoms with Gasteiger partial charge in [-0.3, -0.25) is 9.59 Å². The number of rotatable bonds is 5. The summed E-state index contributed by atoms with van der Waals surface area (Å²) in [4.78, 5) is 39.5. The molecule has 2 N–H and O–H groups in total. The summed E-state index contributed by atoms with van der Waals surface area (Å²) in [5.74, 6) is -0.887. The first kappa shape index (κ1) is 18.1. The minimum absolute atomic E-state index is 0.0688. The Morgan fingerprint density at radius 2 is 1.85 bits per heavy atom. The predicted octanol–water partition coefficient (Wildman–Crippen LogP) is 2.32. The monoisotopic (exact) mass is 369 g/mol. The fourth-order valence-electron chi connectivity index (χ4n) is 2.48. The molecule has 27 heavy (non-hydrogen) atoms. The number of carbonyl (C=O) groups is 1. The standard InChI is InChI=1S/C19H16FN3O4/c1-2-27-13-9-7-12(8-10-13)23-18(25)14(11-21-19(23)26)17(24)22-16-6-4-3-5-15(16)20/h3-11H,2H2,1H3,(H,21,26)(H,22,24). The summed E-state index contributed by atoms with van der Waals surface area (Å²) in [6.07, 6.45) is 1.01. The quantitative estimate of drug-likeness (QED) is 0.722. The number of anilines is 1. The van der Waals surface area contributed by atoms with Gasteiger partial charge >= 0.3 is 5.69 Å². The van der Waals surface area contributed by atoms with E-state index in [0.29, 0.717) is 12.4 Å². The highest BCUT2D eigenvalue weighted by atomic mass is 19.1. The molecule has 2 aromatic carbocycles. The van der Waals surface area contributed by atoms with Crippen molar-refractivity contribution in [1.82, 2.24) is 9.55 Å². The lowest BCUT2D eigenvalue weighted by molar-refractivity contribution is 0.102. The van der Waals surface area contributed by atoms with Gasteiger partial charge in [0.25, 0.3) is 11.5 Å². The molecule has 0 fully saturated rings. The molecule has 0 bridgehead atoms. The second kappa shape index (κ2) is 7.69. The normalized spacial score (nSPS) is 10.4. The Bertz CT molecular complexity index is 1090. The molecule has 0 atom stereocenters. The highest BCUT2D eigenvalue weighted by Gasteiger charge is 2.17. The van der Waals surface area contributed by atoms with Crippen LogP contribution >= 0.6 is 0 Å². The Morgan fingerprint density at radius 1 is 1.15 bits per heavy atom. The van der Waals surface area contributed by atoms with Crippen LogP contribution in [-0.4, -0.2) is 22.1 Å². The third-order valence-corrected chi connectivity index (χ3v) is 3.75. The van der Waals surface area contributed by atoms with E-state index < -0.39 is 23.0 Å². The Labute approximate surface area is 153 Å². The van der Waals surface area contributed by atoms with Gasteiger partial charge in [-0.05, 0) is 43.3 Å². The topological polar surface area (TPSA) is 93.2 Å². The van der Waals surface area contributed by atoms with Crippen molar-refractivity contribution >= 4 is 11.6 Å². The molecule has 8 heteroatoms. The summed E-state index contributed by atoms with van der Waals surface area (Å²) in [7, 11) is 0. The first-order valence-electron chi connectivity index (χ1n) is 8.15. The number of amides is 1. The van der Waals surface area contributed by atoms with Gasteiger partial charge in [-0.25, -0.2) is 13.8 Å². The fourth-order valence-corrected chi connectivity index (χ4v) is 2.48. The first-order chi connectivity index (χ1) is 13.0. The van der Waals surface area contributed by atoms with Crippen molar-refractivity contribution in [1.29, 1.82) is 0 Å². The van der Waals surface area contributed by atoms with Crippen LogP contribution in [0.25, 0.3) is 5.69 Å². The molecule has 0 radical (unpaired) electrons. The van der Waals surface area contributed by atoms with Gasteiger partial charge in [0.15, 0.2) is 0 Å². The van der Waals surface area contributed by atoms with E-state index in [2.05, 4.69) is 10.3 Å². The lowest BCUT2D eigenvalue weighted by atomic mass is 10.2. The van der Waals surface area contributed by atoms with Crippen LogP contribution in [0.2, 0.25) is 0 Å². The maximum Gasteiger partial charge on any atom is 0.333 e. The third-order valence-electron chi connectivity index (χ3n) is 3.75. The zero-order valence-corrected chi connectivity index (χ0v) is 14.4. The van der Waals surface area contributed by atoms with Crippen molar-refractivity contribution in [2.75, 3.05) is 11.9 Å². The highest BCUT2D eigenvalue weighted by molar-refractivity contribution is 6.03. The number of hydrogen-bond acceptors (Lipinski definition) is 4. The Kier molecular flexibility index (Phi) is 5.16. The van der Waals surface area contributed by atoms with Crippen molar-refractivity contribution in [3.63, 3.8) is 0 Å². The molecule has 0 unspecified atom stereocenters. The number of halogens is 1. The summed E-state index contributed by atoms with van der Waals surface area (Å²) >= 11 is 0. The number of nitrogens with zero attached hydrogens (tertiary/aromatic N) is 1. The van der Waals surface area contributed by atoms with Crippen molar-refractivity contribution in [3.05, 3.63) is 86.9 Å². The summed E-state index contributed by atoms with van der Waals surface area (Å²) in [5.41, 5.74) is -1.65. The fraction of sp³-hybridized carbons (Fsp3) is 0.105. The Morgan fingerprint density at radius 3 is 2.52 bits per heavy atom. The molecule has 0 aliphatic heterocycles. The van der Waals surface area contributed by atoms with Gasteiger partial charge in [-0.15, -0.1) is 0 Å². The molecule has 0 aliphatic carbocycles. The number of carbonyl (C=O) groups excluding carboxylic acids is 1. The molecule has 0 spiro atoms. The smallest absolute Gasteiger partial charge is 0.333 e. The SMILES string of the molecule is CCOc1ccc(-n2c(=O)[nH]cc(C(=O)Nc3ccccc3F)c2=O)cc1. The van der Waals surface area contributed by atoms with E-state index in [1.54, 1.807) is 18.2 Å². The van der Waals surface area contributed by atoms with E-state index in [1.807, 2.05) is 6.92 Å². The van der Waals surface area contributed by atoms with E-state index in [4.69, 9.17) is 4.74 Å². The predicted molar refractivity (Wildman–Crippen MR) is 98.2 cm³/mol. The van der Waals surface area contributed by atoms with Gasteiger partial charge in [0.2, 0.25) is 0 Å². The van der Waals surface area contributed by atoms with Crippen LogP contribution in [0.4, 0.5) is 10.1 Å². The summed E-state index contributed by atoms with van der Waals surface area (Å²) in [5, 5.41) is 2.32. The van der Waals surface area contributed by atoms with Crippen LogP contribution < -0.4 is 21.3 Å². The van der Waals surface area contributed by atoms with Crippen molar-refractivity contribution in [2.24, 2.45) is 0 Å². The average Bonchev–Trinajstić information content (AvgIpc) is 2.65. The maximum absolute atomic E-state index is 13.7. The Balaban J connectivity index is 1.98. The van der Waals surface area contributed by atoms with Crippen LogP contribution in [0.3, 0.4) is 0 Å². The minimum Gasteiger partial charge on any atom is -0.494 e. The van der Waals surface area contributed by atoms with Crippen LogP contribution in [0.5, 0.6) is 5.75 Å². The Hall–Kier alpha value is -3.68. The average molecular weight is 369 g/mol. The van der Waals surface area contributed by atoms with Crippen molar-refractivity contribution in [3.8, 4) is 11.4 Å². The van der Waals surface area contributed by atoms with Gasteiger partial charge in [0.05, 0.1) is 18.0 Å². The lowest BCUT2D eigenvalue weighted by Crippen LogP contribution is -2.38. The van der Waals surface area contributed by atoms with Crippen LogP contribution in [0, 0.1) is 5.82 Å². The van der Waals surface area contributed by atoms with Gasteiger partial charge in [-0.2, -0.15) is 0 Å². The van der Waals surface area contributed by atoms with E-state index in [0.717, 1.165) is 10.8 Å². The lowest BCUT2D eigenvalue weighted by Gasteiger charge is -2.09. The number of aromatic nitrogens is 2. The summed E-state index contributed by atoms with van der Waals surface area (Å²) in [6.45, 7) is 2.31. The van der Waals surface area contributed by atoms with E-state index >= 15 is 0 Å². The molecule has 1 heterocycles. The molecule has 3 aromatic rings. The second-order valence-electron chi connectivity index (χ2n) is 5.51. The number of ether oxygens (including phenoxy) is 1. The molecule has 0 saturated carbocycles. The molecular weight excluding hydrogens is 353 g/mol. The molecule has 3 rings (SSSR count).